The number of aryl methyl sites for hydroxylation is 1. The number of benzene rings is 1. The smallest absolute Gasteiger partial charge is 0.319 e. The maximum absolute atomic E-state index is 12.2. The van der Waals surface area contributed by atoms with E-state index in [-0.39, 0.29) is 19.0 Å². The number of nitrogens with zero attached hydrogens (tertiary/aromatic N) is 4. The van der Waals surface area contributed by atoms with Crippen LogP contribution in [0.4, 0.5) is 10.5 Å². The van der Waals surface area contributed by atoms with Crippen LogP contribution in [-0.4, -0.2) is 40.6 Å². The zero-order valence-corrected chi connectivity index (χ0v) is 15.0. The number of hydrogen-bond donors (Lipinski definition) is 2. The second kappa shape index (κ2) is 8.27. The Balaban J connectivity index is 1.66. The van der Waals surface area contributed by atoms with Gasteiger partial charge in [-0.3, -0.25) is 0 Å². The van der Waals surface area contributed by atoms with E-state index in [2.05, 4.69) is 31.0 Å². The number of methoxy groups -OCH3 is 2. The zero-order chi connectivity index (χ0) is 19.2. The molecular formula is C16H18N6O5. The minimum atomic E-state index is -0.473. The number of carbonyl (C=O) groups is 1. The number of carbonyl (C=O) groups excluding carboxylic acids is 1. The molecule has 27 heavy (non-hydrogen) atoms. The summed E-state index contributed by atoms with van der Waals surface area (Å²) in [5.41, 5.74) is 1.08. The van der Waals surface area contributed by atoms with E-state index in [4.69, 9.17) is 18.4 Å². The van der Waals surface area contributed by atoms with Gasteiger partial charge in [0.05, 0.1) is 19.3 Å². The summed E-state index contributed by atoms with van der Waals surface area (Å²) in [7, 11) is 3.03. The van der Waals surface area contributed by atoms with E-state index >= 15 is 0 Å². The minimum absolute atomic E-state index is 0.0629. The van der Waals surface area contributed by atoms with Crippen molar-refractivity contribution < 1.29 is 23.2 Å². The predicted molar refractivity (Wildman–Crippen MR) is 91.9 cm³/mol. The molecule has 0 fully saturated rings. The molecule has 3 aromatic rings. The van der Waals surface area contributed by atoms with Crippen molar-refractivity contribution in [3.8, 4) is 17.2 Å². The van der Waals surface area contributed by atoms with Crippen molar-refractivity contribution in [2.24, 2.45) is 0 Å². The first-order chi connectivity index (χ1) is 13.1. The van der Waals surface area contributed by atoms with Gasteiger partial charge in [0.1, 0.15) is 12.4 Å². The van der Waals surface area contributed by atoms with E-state index in [0.717, 1.165) is 0 Å². The van der Waals surface area contributed by atoms with Crippen LogP contribution in [0, 0.1) is 6.92 Å². The summed E-state index contributed by atoms with van der Waals surface area (Å²) >= 11 is 0. The lowest BCUT2D eigenvalue weighted by Gasteiger charge is -2.11. The van der Waals surface area contributed by atoms with Gasteiger partial charge in [-0.25, -0.2) is 4.79 Å². The fourth-order valence-electron chi connectivity index (χ4n) is 2.22. The van der Waals surface area contributed by atoms with Gasteiger partial charge in [-0.15, -0.1) is 10.2 Å². The van der Waals surface area contributed by atoms with Gasteiger partial charge >= 0.3 is 6.03 Å². The highest BCUT2D eigenvalue weighted by Gasteiger charge is 2.13. The molecule has 2 aromatic heterocycles. The Morgan fingerprint density at radius 3 is 2.81 bits per heavy atom. The van der Waals surface area contributed by atoms with Crippen molar-refractivity contribution >= 4 is 11.7 Å². The van der Waals surface area contributed by atoms with Crippen LogP contribution >= 0.6 is 0 Å². The molecule has 0 aliphatic carbocycles. The van der Waals surface area contributed by atoms with E-state index < -0.39 is 6.03 Å². The van der Waals surface area contributed by atoms with Crippen molar-refractivity contribution in [3.05, 3.63) is 35.8 Å². The molecule has 0 unspecified atom stereocenters. The Bertz CT molecular complexity index is 922. The Morgan fingerprint density at radius 2 is 2.11 bits per heavy atom. The van der Waals surface area contributed by atoms with Gasteiger partial charge in [0, 0.05) is 19.6 Å². The molecular weight excluding hydrogens is 356 g/mol. The van der Waals surface area contributed by atoms with E-state index in [1.54, 1.807) is 25.1 Å². The highest BCUT2D eigenvalue weighted by molar-refractivity contribution is 5.91. The maximum Gasteiger partial charge on any atom is 0.319 e. The Kier molecular flexibility index (Phi) is 5.61. The van der Waals surface area contributed by atoms with Crippen molar-refractivity contribution in [2.75, 3.05) is 19.5 Å². The molecule has 2 N–H and O–H groups in total. The molecule has 11 heteroatoms. The summed E-state index contributed by atoms with van der Waals surface area (Å²) in [5, 5.41) is 16.8. The van der Waals surface area contributed by atoms with Crippen LogP contribution < -0.4 is 15.4 Å². The van der Waals surface area contributed by atoms with Crippen molar-refractivity contribution in [1.29, 1.82) is 0 Å². The van der Waals surface area contributed by atoms with Crippen LogP contribution in [0.5, 0.6) is 5.75 Å². The van der Waals surface area contributed by atoms with E-state index in [1.807, 2.05) is 0 Å². The van der Waals surface area contributed by atoms with Crippen LogP contribution in [0.3, 0.4) is 0 Å². The van der Waals surface area contributed by atoms with Crippen LogP contribution in [0.15, 0.2) is 27.1 Å². The average molecular weight is 374 g/mol. The summed E-state index contributed by atoms with van der Waals surface area (Å²) < 4.78 is 20.6. The van der Waals surface area contributed by atoms with Gasteiger partial charge in [0.2, 0.25) is 17.7 Å². The van der Waals surface area contributed by atoms with Gasteiger partial charge in [-0.05, 0) is 18.2 Å². The molecule has 2 amide bonds. The zero-order valence-electron chi connectivity index (χ0n) is 15.0. The molecule has 142 valence electrons. The van der Waals surface area contributed by atoms with Gasteiger partial charge < -0.3 is 29.0 Å². The van der Waals surface area contributed by atoms with E-state index in [1.165, 1.54) is 14.2 Å². The lowest BCUT2D eigenvalue weighted by Crippen LogP contribution is -2.28. The molecule has 0 aliphatic heterocycles. The minimum Gasteiger partial charge on any atom is -0.495 e. The monoisotopic (exact) mass is 374 g/mol. The number of urea groups is 1. The molecule has 11 nitrogen and oxygen atoms in total. The normalized spacial score (nSPS) is 10.6. The third-order valence-electron chi connectivity index (χ3n) is 3.40. The van der Waals surface area contributed by atoms with Crippen molar-refractivity contribution in [2.45, 2.75) is 20.1 Å². The van der Waals surface area contributed by atoms with Crippen LogP contribution in [0.2, 0.25) is 0 Å². The van der Waals surface area contributed by atoms with Crippen molar-refractivity contribution in [1.82, 2.24) is 25.7 Å². The molecule has 0 radical (unpaired) electrons. The molecule has 0 saturated heterocycles. The predicted octanol–water partition coefficient (Wildman–Crippen LogP) is 1.90. The molecule has 1 aromatic carbocycles. The summed E-state index contributed by atoms with van der Waals surface area (Å²) in [4.78, 5) is 16.3. The lowest BCUT2D eigenvalue weighted by molar-refractivity contribution is 0.174. The first kappa shape index (κ1) is 18.3. The number of amides is 2. The SMILES string of the molecule is COCc1noc(CNC(=O)Nc2cc(-c3nnc(C)o3)ccc2OC)n1. The molecule has 3 rings (SSSR count). The Labute approximate surface area is 154 Å². The second-order valence-corrected chi connectivity index (χ2v) is 5.39. The number of ether oxygens (including phenoxy) is 2. The van der Waals surface area contributed by atoms with E-state index in [9.17, 15) is 4.79 Å². The maximum atomic E-state index is 12.2. The van der Waals surface area contributed by atoms with Crippen molar-refractivity contribution in [3.63, 3.8) is 0 Å². The molecule has 0 atom stereocenters. The first-order valence-corrected chi connectivity index (χ1v) is 7.93. The van der Waals surface area contributed by atoms with Gasteiger partial charge in [0.25, 0.3) is 0 Å². The van der Waals surface area contributed by atoms with Gasteiger partial charge in [-0.1, -0.05) is 5.16 Å². The van der Waals surface area contributed by atoms with E-state index in [0.29, 0.717) is 34.6 Å². The summed E-state index contributed by atoms with van der Waals surface area (Å²) in [6.45, 7) is 1.99. The Hall–Kier alpha value is -3.47. The van der Waals surface area contributed by atoms with Gasteiger partial charge in [-0.2, -0.15) is 4.98 Å². The number of hydrogen-bond acceptors (Lipinski definition) is 9. The topological polar surface area (TPSA) is 137 Å². The highest BCUT2D eigenvalue weighted by atomic mass is 16.5. The van der Waals surface area contributed by atoms with Crippen LogP contribution in [0.25, 0.3) is 11.5 Å². The molecule has 0 aliphatic rings. The molecule has 0 saturated carbocycles. The van der Waals surface area contributed by atoms with Crippen LogP contribution in [-0.2, 0) is 17.9 Å². The quantitative estimate of drug-likeness (QED) is 0.635. The third-order valence-corrected chi connectivity index (χ3v) is 3.40. The number of anilines is 1. The second-order valence-electron chi connectivity index (χ2n) is 5.39. The Morgan fingerprint density at radius 1 is 1.26 bits per heavy atom. The number of aromatic nitrogens is 4. The van der Waals surface area contributed by atoms with Gasteiger partial charge in [0.15, 0.2) is 5.82 Å². The summed E-state index contributed by atoms with van der Waals surface area (Å²) in [6, 6.07) is 4.65. The number of rotatable bonds is 7. The third kappa shape index (κ3) is 4.58. The standard InChI is InChI=1S/C16H18N6O5/c1-9-20-21-15(26-9)10-4-5-12(25-3)11(6-10)18-16(23)17-7-14-19-13(8-24-2)22-27-14/h4-6H,7-8H2,1-3H3,(H2,17,18,23). The average Bonchev–Trinajstić information content (AvgIpc) is 3.29. The highest BCUT2D eigenvalue weighted by Crippen LogP contribution is 2.30. The largest absolute Gasteiger partial charge is 0.495 e. The summed E-state index contributed by atoms with van der Waals surface area (Å²) in [5.74, 6) is 1.93. The fourth-order valence-corrected chi connectivity index (χ4v) is 2.22. The molecule has 2 heterocycles. The molecule has 0 bridgehead atoms. The lowest BCUT2D eigenvalue weighted by atomic mass is 10.2. The summed E-state index contributed by atoms with van der Waals surface area (Å²) in [6.07, 6.45) is 0. The first-order valence-electron chi connectivity index (χ1n) is 7.93. The molecule has 0 spiro atoms. The number of nitrogens with one attached hydrogen (secondary N) is 2. The fraction of sp³-hybridized carbons (Fsp3) is 0.312. The van der Waals surface area contributed by atoms with Crippen LogP contribution in [0.1, 0.15) is 17.6 Å².